The SMILES string of the molecule is C1=CC(P(Oc2ccccc2)Oc2ccccc2)C=C1. The minimum atomic E-state index is -1.09. The summed E-state index contributed by atoms with van der Waals surface area (Å²) < 4.78 is 12.1. The Morgan fingerprint density at radius 1 is 0.650 bits per heavy atom. The molecule has 0 amide bonds. The van der Waals surface area contributed by atoms with Crippen LogP contribution in [0.15, 0.2) is 85.0 Å². The van der Waals surface area contributed by atoms with Gasteiger partial charge < -0.3 is 9.05 Å². The highest BCUT2D eigenvalue weighted by atomic mass is 31.2. The van der Waals surface area contributed by atoms with Crippen LogP contribution < -0.4 is 9.05 Å². The lowest BCUT2D eigenvalue weighted by molar-refractivity contribution is 0.487. The monoisotopic (exact) mass is 282 g/mol. The summed E-state index contributed by atoms with van der Waals surface area (Å²) in [6.45, 7) is 0. The van der Waals surface area contributed by atoms with Crippen LogP contribution in [0.1, 0.15) is 0 Å². The van der Waals surface area contributed by atoms with Gasteiger partial charge in [0.2, 0.25) is 0 Å². The molecule has 0 N–H and O–H groups in total. The van der Waals surface area contributed by atoms with Crippen molar-refractivity contribution >= 4 is 8.38 Å². The molecule has 0 radical (unpaired) electrons. The maximum absolute atomic E-state index is 6.04. The second-order valence-corrected chi connectivity index (χ2v) is 5.89. The molecule has 3 heteroatoms. The predicted molar refractivity (Wildman–Crippen MR) is 83.1 cm³/mol. The van der Waals surface area contributed by atoms with Crippen molar-refractivity contribution in [3.8, 4) is 11.5 Å². The zero-order valence-corrected chi connectivity index (χ0v) is 11.8. The van der Waals surface area contributed by atoms with E-state index in [1.807, 2.05) is 72.8 Å². The molecular formula is C17H15O2P. The number of allylic oxidation sites excluding steroid dienone is 4. The summed E-state index contributed by atoms with van der Waals surface area (Å²) in [5.41, 5.74) is 0.186. The lowest BCUT2D eigenvalue weighted by Gasteiger charge is -2.21. The maximum atomic E-state index is 6.04. The number of benzene rings is 2. The van der Waals surface area contributed by atoms with E-state index >= 15 is 0 Å². The highest BCUT2D eigenvalue weighted by Gasteiger charge is 2.24. The Morgan fingerprint density at radius 3 is 1.55 bits per heavy atom. The summed E-state index contributed by atoms with van der Waals surface area (Å²) in [6.07, 6.45) is 8.28. The van der Waals surface area contributed by atoms with E-state index in [1.165, 1.54) is 0 Å². The van der Waals surface area contributed by atoms with Crippen molar-refractivity contribution in [3.05, 3.63) is 85.0 Å². The largest absolute Gasteiger partial charge is 0.438 e. The molecule has 0 unspecified atom stereocenters. The Morgan fingerprint density at radius 2 is 1.10 bits per heavy atom. The average molecular weight is 282 g/mol. The Kier molecular flexibility index (Phi) is 4.15. The molecule has 2 aromatic rings. The first-order valence-electron chi connectivity index (χ1n) is 6.52. The van der Waals surface area contributed by atoms with Gasteiger partial charge >= 0.3 is 8.38 Å². The topological polar surface area (TPSA) is 18.5 Å². The van der Waals surface area contributed by atoms with E-state index in [1.54, 1.807) is 0 Å². The van der Waals surface area contributed by atoms with Gasteiger partial charge in [0.25, 0.3) is 0 Å². The fraction of sp³-hybridized carbons (Fsp3) is 0.0588. The molecule has 1 aliphatic rings. The van der Waals surface area contributed by atoms with Crippen LogP contribution in [0.4, 0.5) is 0 Å². The molecule has 0 spiro atoms. The summed E-state index contributed by atoms with van der Waals surface area (Å²) in [6, 6.07) is 19.6. The first-order valence-corrected chi connectivity index (χ1v) is 7.77. The van der Waals surface area contributed by atoms with Gasteiger partial charge in [-0.05, 0) is 24.3 Å². The molecule has 0 fully saturated rings. The van der Waals surface area contributed by atoms with E-state index < -0.39 is 8.38 Å². The van der Waals surface area contributed by atoms with Gasteiger partial charge in [-0.15, -0.1) is 0 Å². The molecule has 20 heavy (non-hydrogen) atoms. The minimum Gasteiger partial charge on any atom is -0.438 e. The zero-order valence-electron chi connectivity index (χ0n) is 10.9. The Balaban J connectivity index is 1.77. The second kappa shape index (κ2) is 6.40. The first-order chi connectivity index (χ1) is 9.92. The lowest BCUT2D eigenvalue weighted by Crippen LogP contribution is -2.06. The van der Waals surface area contributed by atoms with Crippen LogP contribution in [0.3, 0.4) is 0 Å². The van der Waals surface area contributed by atoms with Crippen LogP contribution >= 0.6 is 8.38 Å². The third-order valence-electron chi connectivity index (χ3n) is 2.85. The molecule has 1 aliphatic carbocycles. The number of para-hydroxylation sites is 2. The van der Waals surface area contributed by atoms with E-state index in [0.29, 0.717) is 0 Å². The molecule has 0 atom stereocenters. The standard InChI is InChI=1S/C17H15O2P/c1-3-9-15(10-4-1)18-20(17-13-7-8-14-17)19-16-11-5-2-6-12-16/h1-14,17H. The van der Waals surface area contributed by atoms with Crippen molar-refractivity contribution in [2.24, 2.45) is 0 Å². The number of rotatable bonds is 5. The number of hydrogen-bond acceptors (Lipinski definition) is 2. The maximum Gasteiger partial charge on any atom is 0.301 e. The third-order valence-corrected chi connectivity index (χ3v) is 4.46. The van der Waals surface area contributed by atoms with Crippen molar-refractivity contribution in [3.63, 3.8) is 0 Å². The van der Waals surface area contributed by atoms with Crippen molar-refractivity contribution in [1.29, 1.82) is 0 Å². The Bertz CT molecular complexity index is 539. The lowest BCUT2D eigenvalue weighted by atomic mass is 10.3. The molecule has 0 saturated heterocycles. The van der Waals surface area contributed by atoms with Crippen LogP contribution in [0, 0.1) is 0 Å². The van der Waals surface area contributed by atoms with Gasteiger partial charge in [-0.2, -0.15) is 0 Å². The van der Waals surface area contributed by atoms with Crippen molar-refractivity contribution in [1.82, 2.24) is 0 Å². The van der Waals surface area contributed by atoms with Gasteiger partial charge in [0.15, 0.2) is 0 Å². The van der Waals surface area contributed by atoms with E-state index in [0.717, 1.165) is 11.5 Å². The number of hydrogen-bond donors (Lipinski definition) is 0. The van der Waals surface area contributed by atoms with Gasteiger partial charge in [-0.25, -0.2) is 0 Å². The van der Waals surface area contributed by atoms with E-state index in [4.69, 9.17) is 9.05 Å². The molecule has 0 heterocycles. The van der Waals surface area contributed by atoms with Gasteiger partial charge in [-0.1, -0.05) is 60.7 Å². The second-order valence-electron chi connectivity index (χ2n) is 4.35. The Labute approximate surface area is 120 Å². The Hall–Kier alpha value is -2.05. The molecule has 0 bridgehead atoms. The molecule has 0 saturated carbocycles. The smallest absolute Gasteiger partial charge is 0.301 e. The highest BCUT2D eigenvalue weighted by Crippen LogP contribution is 2.46. The molecule has 3 rings (SSSR count). The summed E-state index contributed by atoms with van der Waals surface area (Å²) in [5.74, 6) is 1.67. The quantitative estimate of drug-likeness (QED) is 0.722. The van der Waals surface area contributed by atoms with E-state index in [-0.39, 0.29) is 5.66 Å². The molecule has 100 valence electrons. The van der Waals surface area contributed by atoms with Gasteiger partial charge in [0, 0.05) is 0 Å². The third kappa shape index (κ3) is 3.28. The summed E-state index contributed by atoms with van der Waals surface area (Å²) in [4.78, 5) is 0. The fourth-order valence-electron chi connectivity index (χ4n) is 1.87. The van der Waals surface area contributed by atoms with Crippen LogP contribution in [-0.2, 0) is 0 Å². The van der Waals surface area contributed by atoms with Gasteiger partial charge in [-0.3, -0.25) is 0 Å². The van der Waals surface area contributed by atoms with E-state index in [9.17, 15) is 0 Å². The van der Waals surface area contributed by atoms with Crippen LogP contribution in [0.25, 0.3) is 0 Å². The van der Waals surface area contributed by atoms with Crippen LogP contribution in [-0.4, -0.2) is 5.66 Å². The predicted octanol–water partition coefficient (Wildman–Crippen LogP) is 4.95. The zero-order chi connectivity index (χ0) is 13.6. The summed E-state index contributed by atoms with van der Waals surface area (Å²) in [5, 5.41) is 0. The molecule has 2 aromatic carbocycles. The van der Waals surface area contributed by atoms with Crippen LogP contribution in [0.5, 0.6) is 11.5 Å². The van der Waals surface area contributed by atoms with Gasteiger partial charge in [0.05, 0.1) is 5.66 Å². The van der Waals surface area contributed by atoms with Crippen LogP contribution in [0.2, 0.25) is 0 Å². The normalized spacial score (nSPS) is 13.8. The van der Waals surface area contributed by atoms with Crippen molar-refractivity contribution < 1.29 is 9.05 Å². The first kappa shape index (κ1) is 13.0. The highest BCUT2D eigenvalue weighted by molar-refractivity contribution is 7.49. The fourth-order valence-corrected chi connectivity index (χ4v) is 3.29. The van der Waals surface area contributed by atoms with Crippen molar-refractivity contribution in [2.75, 3.05) is 0 Å². The molecule has 0 aliphatic heterocycles. The minimum absolute atomic E-state index is 0.186. The van der Waals surface area contributed by atoms with Gasteiger partial charge in [0.1, 0.15) is 11.5 Å². The summed E-state index contributed by atoms with van der Waals surface area (Å²) >= 11 is 0. The molecule has 0 aromatic heterocycles. The summed E-state index contributed by atoms with van der Waals surface area (Å²) in [7, 11) is -1.09. The molecule has 2 nitrogen and oxygen atoms in total. The van der Waals surface area contributed by atoms with E-state index in [2.05, 4.69) is 12.2 Å². The average Bonchev–Trinajstić information content (AvgIpc) is 3.03. The van der Waals surface area contributed by atoms with Crippen molar-refractivity contribution in [2.45, 2.75) is 5.66 Å². The molecular weight excluding hydrogens is 267 g/mol.